The lowest BCUT2D eigenvalue weighted by atomic mass is 10.1. The standard InChI is InChI=1S/C21H17N3O2S/c1-11-20(15-8-13(26-2)4-6-18(15)23-11)19-10-27-21(24-19)16-9-22-17-5-3-12(25)7-14(16)17/h3-10,22-23,25H,1-2H3. The Morgan fingerprint density at radius 3 is 2.78 bits per heavy atom. The van der Waals surface area contributed by atoms with Gasteiger partial charge in [0, 0.05) is 50.2 Å². The molecular formula is C21H17N3O2S. The Balaban J connectivity index is 1.66. The Morgan fingerprint density at radius 1 is 1.07 bits per heavy atom. The largest absolute Gasteiger partial charge is 0.508 e. The molecule has 0 fully saturated rings. The number of rotatable bonds is 3. The van der Waals surface area contributed by atoms with Crippen LogP contribution in [0.25, 0.3) is 43.6 Å². The van der Waals surface area contributed by atoms with Crippen LogP contribution in [0.5, 0.6) is 11.5 Å². The molecule has 0 spiro atoms. The number of hydrogen-bond acceptors (Lipinski definition) is 4. The molecular weight excluding hydrogens is 358 g/mol. The molecule has 134 valence electrons. The van der Waals surface area contributed by atoms with Gasteiger partial charge in [0.1, 0.15) is 16.5 Å². The minimum Gasteiger partial charge on any atom is -0.508 e. The zero-order valence-corrected chi connectivity index (χ0v) is 15.6. The van der Waals surface area contributed by atoms with Crippen LogP contribution in [0.15, 0.2) is 48.0 Å². The van der Waals surface area contributed by atoms with Gasteiger partial charge in [-0.25, -0.2) is 4.98 Å². The van der Waals surface area contributed by atoms with E-state index in [9.17, 15) is 5.11 Å². The number of benzene rings is 2. The van der Waals surface area contributed by atoms with Crippen LogP contribution in [0.3, 0.4) is 0 Å². The molecule has 3 aromatic heterocycles. The van der Waals surface area contributed by atoms with Crippen molar-refractivity contribution in [1.29, 1.82) is 0 Å². The van der Waals surface area contributed by atoms with E-state index in [1.807, 2.05) is 30.5 Å². The first kappa shape index (κ1) is 16.0. The number of thiazole rings is 1. The summed E-state index contributed by atoms with van der Waals surface area (Å²) >= 11 is 1.60. The van der Waals surface area contributed by atoms with Crippen LogP contribution in [-0.2, 0) is 0 Å². The van der Waals surface area contributed by atoms with Gasteiger partial charge < -0.3 is 19.8 Å². The summed E-state index contributed by atoms with van der Waals surface area (Å²) in [5.41, 5.74) is 6.14. The van der Waals surface area contributed by atoms with Crippen molar-refractivity contribution in [2.45, 2.75) is 6.92 Å². The number of aromatic amines is 2. The number of H-pyrrole nitrogens is 2. The Hall–Kier alpha value is -3.25. The third kappa shape index (κ3) is 2.49. The van der Waals surface area contributed by atoms with E-state index in [1.165, 1.54) is 0 Å². The molecule has 0 aliphatic heterocycles. The van der Waals surface area contributed by atoms with E-state index in [2.05, 4.69) is 22.3 Å². The predicted molar refractivity (Wildman–Crippen MR) is 110 cm³/mol. The van der Waals surface area contributed by atoms with Gasteiger partial charge in [0.25, 0.3) is 0 Å². The topological polar surface area (TPSA) is 73.9 Å². The molecule has 5 nitrogen and oxygen atoms in total. The molecule has 0 amide bonds. The summed E-state index contributed by atoms with van der Waals surface area (Å²) in [6, 6.07) is 11.3. The van der Waals surface area contributed by atoms with Crippen LogP contribution < -0.4 is 4.74 Å². The highest BCUT2D eigenvalue weighted by Crippen LogP contribution is 2.38. The van der Waals surface area contributed by atoms with E-state index in [1.54, 1.807) is 30.6 Å². The molecule has 0 aliphatic carbocycles. The van der Waals surface area contributed by atoms with Crippen LogP contribution >= 0.6 is 11.3 Å². The van der Waals surface area contributed by atoms with Crippen LogP contribution in [0, 0.1) is 6.92 Å². The molecule has 0 bridgehead atoms. The monoisotopic (exact) mass is 375 g/mol. The zero-order valence-electron chi connectivity index (χ0n) is 14.8. The molecule has 6 heteroatoms. The lowest BCUT2D eigenvalue weighted by Crippen LogP contribution is -1.83. The van der Waals surface area contributed by atoms with E-state index in [4.69, 9.17) is 9.72 Å². The summed E-state index contributed by atoms with van der Waals surface area (Å²) in [5, 5.41) is 14.9. The number of hydrogen-bond donors (Lipinski definition) is 3. The first-order valence-electron chi connectivity index (χ1n) is 8.57. The zero-order chi connectivity index (χ0) is 18.5. The van der Waals surface area contributed by atoms with Crippen molar-refractivity contribution in [3.05, 3.63) is 53.7 Å². The number of ether oxygens (including phenoxy) is 1. The number of methoxy groups -OCH3 is 1. The average molecular weight is 375 g/mol. The minimum atomic E-state index is 0.250. The normalized spacial score (nSPS) is 11.5. The van der Waals surface area contributed by atoms with Crippen molar-refractivity contribution in [3.63, 3.8) is 0 Å². The third-order valence-electron chi connectivity index (χ3n) is 4.85. The number of nitrogens with one attached hydrogen (secondary N) is 2. The Labute approximate surface area is 159 Å². The quantitative estimate of drug-likeness (QED) is 0.392. The molecule has 0 radical (unpaired) electrons. The molecule has 0 unspecified atom stereocenters. The number of aromatic nitrogens is 3. The van der Waals surface area contributed by atoms with Gasteiger partial charge in [0.05, 0.1) is 12.8 Å². The van der Waals surface area contributed by atoms with Gasteiger partial charge in [-0.15, -0.1) is 11.3 Å². The fourth-order valence-corrected chi connectivity index (χ4v) is 4.40. The number of phenols is 1. The number of fused-ring (bicyclic) bond motifs is 2. The van der Waals surface area contributed by atoms with Crippen LogP contribution in [0.4, 0.5) is 0 Å². The molecule has 0 aliphatic rings. The van der Waals surface area contributed by atoms with Crippen LogP contribution in [0.2, 0.25) is 0 Å². The average Bonchev–Trinajstić information content (AvgIpc) is 3.36. The summed E-state index contributed by atoms with van der Waals surface area (Å²) in [5.74, 6) is 1.07. The number of phenolic OH excluding ortho intramolecular Hbond substituents is 1. The van der Waals surface area contributed by atoms with E-state index in [-0.39, 0.29) is 5.75 Å². The lowest BCUT2D eigenvalue weighted by Gasteiger charge is -2.01. The summed E-state index contributed by atoms with van der Waals surface area (Å²) < 4.78 is 5.39. The van der Waals surface area contributed by atoms with Gasteiger partial charge in [-0.3, -0.25) is 0 Å². The second-order valence-electron chi connectivity index (χ2n) is 6.51. The summed E-state index contributed by atoms with van der Waals surface area (Å²) in [6.45, 7) is 2.06. The van der Waals surface area contributed by atoms with Crippen molar-refractivity contribution in [2.24, 2.45) is 0 Å². The molecule has 3 heterocycles. The smallest absolute Gasteiger partial charge is 0.126 e. The second kappa shape index (κ2) is 5.89. The fourth-order valence-electron chi connectivity index (χ4n) is 3.56. The lowest BCUT2D eigenvalue weighted by molar-refractivity contribution is 0.415. The highest BCUT2D eigenvalue weighted by molar-refractivity contribution is 7.13. The van der Waals surface area contributed by atoms with E-state index in [0.717, 1.165) is 55.1 Å². The van der Waals surface area contributed by atoms with Crippen molar-refractivity contribution in [3.8, 4) is 33.3 Å². The SMILES string of the molecule is COc1ccc2[nH]c(C)c(-c3csc(-c4c[nH]c5ccc(O)cc45)n3)c2c1. The summed E-state index contributed by atoms with van der Waals surface area (Å²) in [6.07, 6.45) is 1.94. The van der Waals surface area contributed by atoms with Crippen molar-refractivity contribution >= 4 is 33.1 Å². The first-order valence-corrected chi connectivity index (χ1v) is 9.44. The van der Waals surface area contributed by atoms with Crippen molar-refractivity contribution < 1.29 is 9.84 Å². The van der Waals surface area contributed by atoms with Gasteiger partial charge in [-0.2, -0.15) is 0 Å². The maximum atomic E-state index is 9.83. The van der Waals surface area contributed by atoms with E-state index in [0.29, 0.717) is 0 Å². The first-order chi connectivity index (χ1) is 13.1. The molecule has 27 heavy (non-hydrogen) atoms. The van der Waals surface area contributed by atoms with Crippen LogP contribution in [-0.4, -0.2) is 27.2 Å². The van der Waals surface area contributed by atoms with E-state index < -0.39 is 0 Å². The summed E-state index contributed by atoms with van der Waals surface area (Å²) in [4.78, 5) is 11.6. The molecule has 0 saturated carbocycles. The van der Waals surface area contributed by atoms with Gasteiger partial charge in [0.15, 0.2) is 0 Å². The Morgan fingerprint density at radius 2 is 1.93 bits per heavy atom. The number of aromatic hydroxyl groups is 1. The number of aryl methyl sites for hydroxylation is 1. The van der Waals surface area contributed by atoms with Crippen LogP contribution in [0.1, 0.15) is 5.69 Å². The molecule has 3 N–H and O–H groups in total. The van der Waals surface area contributed by atoms with Crippen molar-refractivity contribution in [1.82, 2.24) is 15.0 Å². The molecule has 5 aromatic rings. The van der Waals surface area contributed by atoms with Gasteiger partial charge in [-0.1, -0.05) is 0 Å². The van der Waals surface area contributed by atoms with Gasteiger partial charge >= 0.3 is 0 Å². The maximum absolute atomic E-state index is 9.83. The summed E-state index contributed by atoms with van der Waals surface area (Å²) in [7, 11) is 1.67. The van der Waals surface area contributed by atoms with E-state index >= 15 is 0 Å². The molecule has 5 rings (SSSR count). The number of nitrogens with zero attached hydrogens (tertiary/aromatic N) is 1. The van der Waals surface area contributed by atoms with Gasteiger partial charge in [-0.05, 0) is 43.3 Å². The highest BCUT2D eigenvalue weighted by Gasteiger charge is 2.17. The highest BCUT2D eigenvalue weighted by atomic mass is 32.1. The fraction of sp³-hybridized carbons (Fsp3) is 0.0952. The van der Waals surface area contributed by atoms with Crippen molar-refractivity contribution in [2.75, 3.05) is 7.11 Å². The second-order valence-corrected chi connectivity index (χ2v) is 7.36. The third-order valence-corrected chi connectivity index (χ3v) is 5.72. The van der Waals surface area contributed by atoms with Gasteiger partial charge in [0.2, 0.25) is 0 Å². The predicted octanol–water partition coefficient (Wildman–Crippen LogP) is 5.46. The maximum Gasteiger partial charge on any atom is 0.126 e. The Kier molecular flexibility index (Phi) is 3.48. The Bertz CT molecular complexity index is 1300. The molecule has 2 aromatic carbocycles. The molecule has 0 atom stereocenters. The molecule has 0 saturated heterocycles. The minimum absolute atomic E-state index is 0.250.